The van der Waals surface area contributed by atoms with Crippen molar-refractivity contribution in [3.63, 3.8) is 0 Å². The van der Waals surface area contributed by atoms with Gasteiger partial charge in [0, 0.05) is 22.8 Å². The van der Waals surface area contributed by atoms with Crippen molar-refractivity contribution in [2.45, 2.75) is 29.7 Å². The number of hydrogen-bond acceptors (Lipinski definition) is 5. The number of rotatable bonds is 4. The van der Waals surface area contributed by atoms with Crippen LogP contribution in [0.15, 0.2) is 64.4 Å². The van der Waals surface area contributed by atoms with Crippen LogP contribution in [0.3, 0.4) is 0 Å². The van der Waals surface area contributed by atoms with Crippen LogP contribution in [-0.2, 0) is 12.2 Å². The molecule has 4 aromatic rings. The molecule has 0 saturated carbocycles. The molecule has 0 unspecified atom stereocenters. The van der Waals surface area contributed by atoms with Crippen LogP contribution in [0.2, 0.25) is 0 Å². The van der Waals surface area contributed by atoms with Gasteiger partial charge in [0.25, 0.3) is 5.78 Å². The van der Waals surface area contributed by atoms with Gasteiger partial charge in [-0.1, -0.05) is 52.0 Å². The predicted molar refractivity (Wildman–Crippen MR) is 116 cm³/mol. The van der Waals surface area contributed by atoms with Gasteiger partial charge >= 0.3 is 0 Å². The SMILES string of the molecule is O=C1C[C@H](c2ccc(F)cc2)Cc2nc3nc(SCc4ccc(Br)cc4)nn3cc21. The first-order valence-corrected chi connectivity index (χ1v) is 11.3. The van der Waals surface area contributed by atoms with Gasteiger partial charge in [0.05, 0.1) is 11.3 Å². The van der Waals surface area contributed by atoms with Crippen LogP contribution in [0.4, 0.5) is 4.39 Å². The Balaban J connectivity index is 1.39. The van der Waals surface area contributed by atoms with Crippen LogP contribution in [0, 0.1) is 5.82 Å². The van der Waals surface area contributed by atoms with E-state index in [9.17, 15) is 9.18 Å². The van der Waals surface area contributed by atoms with Gasteiger partial charge in [0.1, 0.15) is 5.82 Å². The number of aromatic nitrogens is 4. The average molecular weight is 483 g/mol. The number of halogens is 2. The first kappa shape index (κ1) is 19.4. The fourth-order valence-electron chi connectivity index (χ4n) is 3.62. The Morgan fingerprint density at radius 2 is 1.83 bits per heavy atom. The van der Waals surface area contributed by atoms with E-state index in [0.29, 0.717) is 29.3 Å². The van der Waals surface area contributed by atoms with Gasteiger partial charge in [0.2, 0.25) is 5.16 Å². The fraction of sp³-hybridized carbons (Fsp3) is 0.182. The van der Waals surface area contributed by atoms with Crippen molar-refractivity contribution >= 4 is 39.3 Å². The van der Waals surface area contributed by atoms with E-state index in [4.69, 9.17) is 0 Å². The summed E-state index contributed by atoms with van der Waals surface area (Å²) < 4.78 is 15.9. The van der Waals surface area contributed by atoms with Crippen molar-refractivity contribution in [3.8, 4) is 0 Å². The third kappa shape index (κ3) is 3.89. The molecule has 1 atom stereocenters. The first-order chi connectivity index (χ1) is 14.5. The second-order valence-corrected chi connectivity index (χ2v) is 9.09. The smallest absolute Gasteiger partial charge is 0.253 e. The number of hydrogen-bond donors (Lipinski definition) is 0. The van der Waals surface area contributed by atoms with Crippen molar-refractivity contribution in [1.29, 1.82) is 0 Å². The normalized spacial score (nSPS) is 16.1. The summed E-state index contributed by atoms with van der Waals surface area (Å²) in [5.74, 6) is 0.974. The Bertz CT molecular complexity index is 1240. The van der Waals surface area contributed by atoms with Gasteiger partial charge in [-0.2, -0.15) is 4.98 Å². The van der Waals surface area contributed by atoms with Crippen molar-refractivity contribution < 1.29 is 9.18 Å². The van der Waals surface area contributed by atoms with Crippen molar-refractivity contribution in [2.75, 3.05) is 0 Å². The van der Waals surface area contributed by atoms with Gasteiger partial charge in [-0.05, 0) is 47.7 Å². The lowest BCUT2D eigenvalue weighted by Crippen LogP contribution is -2.21. The summed E-state index contributed by atoms with van der Waals surface area (Å²) in [4.78, 5) is 21.9. The highest BCUT2D eigenvalue weighted by Crippen LogP contribution is 2.32. The molecule has 0 spiro atoms. The van der Waals surface area contributed by atoms with Crippen LogP contribution in [0.1, 0.15) is 39.5 Å². The Morgan fingerprint density at radius 1 is 1.07 bits per heavy atom. The monoisotopic (exact) mass is 482 g/mol. The maximum Gasteiger partial charge on any atom is 0.253 e. The molecule has 0 saturated heterocycles. The molecule has 2 heterocycles. The number of fused-ring (bicyclic) bond motifs is 2. The number of nitrogens with zero attached hydrogens (tertiary/aromatic N) is 4. The molecule has 2 aromatic heterocycles. The molecule has 0 fully saturated rings. The van der Waals surface area contributed by atoms with Crippen LogP contribution >= 0.6 is 27.7 Å². The molecular formula is C22H16BrFN4OS. The second-order valence-electron chi connectivity index (χ2n) is 7.24. The lowest BCUT2D eigenvalue weighted by molar-refractivity contribution is 0.0962. The minimum Gasteiger partial charge on any atom is -0.294 e. The summed E-state index contributed by atoms with van der Waals surface area (Å²) in [7, 11) is 0. The lowest BCUT2D eigenvalue weighted by atomic mass is 9.82. The van der Waals surface area contributed by atoms with E-state index in [1.54, 1.807) is 22.8 Å². The van der Waals surface area contributed by atoms with Crippen molar-refractivity contribution in [3.05, 3.63) is 87.4 Å². The third-order valence-corrected chi connectivity index (χ3v) is 6.62. The summed E-state index contributed by atoms with van der Waals surface area (Å²) in [6.45, 7) is 0. The Labute approximate surface area is 184 Å². The number of carbonyl (C=O) groups is 1. The number of ketones is 1. The molecule has 5 rings (SSSR count). The van der Waals surface area contributed by atoms with E-state index in [-0.39, 0.29) is 17.5 Å². The zero-order valence-electron chi connectivity index (χ0n) is 15.8. The molecule has 0 amide bonds. The number of benzene rings is 2. The molecule has 0 radical (unpaired) electrons. The van der Waals surface area contributed by atoms with E-state index in [1.807, 2.05) is 12.1 Å². The van der Waals surface area contributed by atoms with E-state index in [1.165, 1.54) is 29.5 Å². The Kier molecular flexibility index (Phi) is 5.12. The highest BCUT2D eigenvalue weighted by Gasteiger charge is 2.28. The minimum absolute atomic E-state index is 0.00489. The molecular weight excluding hydrogens is 467 g/mol. The lowest BCUT2D eigenvalue weighted by Gasteiger charge is -2.23. The largest absolute Gasteiger partial charge is 0.294 e. The van der Waals surface area contributed by atoms with Gasteiger partial charge in [0.15, 0.2) is 5.78 Å². The van der Waals surface area contributed by atoms with Crippen LogP contribution < -0.4 is 0 Å². The fourth-order valence-corrected chi connectivity index (χ4v) is 4.67. The van der Waals surface area contributed by atoms with E-state index >= 15 is 0 Å². The van der Waals surface area contributed by atoms with Crippen LogP contribution in [0.5, 0.6) is 0 Å². The zero-order valence-corrected chi connectivity index (χ0v) is 18.2. The maximum absolute atomic E-state index is 13.2. The molecule has 0 aliphatic heterocycles. The van der Waals surface area contributed by atoms with Gasteiger partial charge in [-0.25, -0.2) is 13.9 Å². The number of carbonyl (C=O) groups excluding carboxylic acids is 1. The van der Waals surface area contributed by atoms with Gasteiger partial charge in [-0.15, -0.1) is 5.10 Å². The molecule has 30 heavy (non-hydrogen) atoms. The summed E-state index contributed by atoms with van der Waals surface area (Å²) in [5, 5.41) is 5.10. The first-order valence-electron chi connectivity index (χ1n) is 9.47. The summed E-state index contributed by atoms with van der Waals surface area (Å²) in [6.07, 6.45) is 2.74. The number of Topliss-reactive ketones (excluding diaryl/α,β-unsaturated/α-hetero) is 1. The average Bonchev–Trinajstić information content (AvgIpc) is 3.14. The highest BCUT2D eigenvalue weighted by molar-refractivity contribution is 9.10. The molecule has 150 valence electrons. The summed E-state index contributed by atoms with van der Waals surface area (Å²) in [6, 6.07) is 14.5. The standard InChI is InChI=1S/C22H16BrFN4OS/c23-16-5-1-13(2-6-16)12-30-22-26-21-25-19-9-15(14-3-7-17(24)8-4-14)10-20(29)18(19)11-28(21)27-22/h1-8,11,15H,9-10,12H2/t15-/m1/s1. The predicted octanol–water partition coefficient (Wildman–Crippen LogP) is 5.23. The van der Waals surface area contributed by atoms with E-state index in [0.717, 1.165) is 21.5 Å². The Morgan fingerprint density at radius 3 is 2.60 bits per heavy atom. The van der Waals surface area contributed by atoms with Gasteiger partial charge in [-0.3, -0.25) is 4.79 Å². The molecule has 2 aromatic carbocycles. The van der Waals surface area contributed by atoms with Crippen molar-refractivity contribution in [2.24, 2.45) is 0 Å². The van der Waals surface area contributed by atoms with E-state index < -0.39 is 0 Å². The highest BCUT2D eigenvalue weighted by atomic mass is 79.9. The van der Waals surface area contributed by atoms with Crippen LogP contribution in [-0.4, -0.2) is 25.4 Å². The maximum atomic E-state index is 13.2. The van der Waals surface area contributed by atoms with Gasteiger partial charge < -0.3 is 0 Å². The topological polar surface area (TPSA) is 60.2 Å². The Hall–Kier alpha value is -2.58. The molecule has 1 aliphatic rings. The summed E-state index contributed by atoms with van der Waals surface area (Å²) in [5.41, 5.74) is 3.44. The molecule has 5 nitrogen and oxygen atoms in total. The van der Waals surface area contributed by atoms with E-state index in [2.05, 4.69) is 43.1 Å². The van der Waals surface area contributed by atoms with Crippen molar-refractivity contribution in [1.82, 2.24) is 19.6 Å². The summed E-state index contributed by atoms with van der Waals surface area (Å²) >= 11 is 4.97. The molecule has 0 bridgehead atoms. The zero-order chi connectivity index (χ0) is 20.7. The second kappa shape index (κ2) is 7.92. The van der Waals surface area contributed by atoms with Crippen LogP contribution in [0.25, 0.3) is 5.78 Å². The third-order valence-electron chi connectivity index (χ3n) is 5.19. The molecule has 0 N–H and O–H groups in total. The molecule has 1 aliphatic carbocycles. The minimum atomic E-state index is -0.280. The molecule has 8 heteroatoms. The quantitative estimate of drug-likeness (QED) is 0.372. The number of thioether (sulfide) groups is 1.